The van der Waals surface area contributed by atoms with Crippen LogP contribution in [0.2, 0.25) is 0 Å². The predicted molar refractivity (Wildman–Crippen MR) is 129 cm³/mol. The molecule has 0 bridgehead atoms. The van der Waals surface area contributed by atoms with E-state index in [0.29, 0.717) is 17.5 Å². The molecule has 4 aromatic rings. The molecule has 2 aromatic carbocycles. The van der Waals surface area contributed by atoms with Gasteiger partial charge in [-0.05, 0) is 50.1 Å². The van der Waals surface area contributed by atoms with Crippen molar-refractivity contribution in [3.8, 4) is 22.6 Å². The number of amides is 1. The number of furan rings is 1. The van der Waals surface area contributed by atoms with Crippen LogP contribution in [0.5, 0.6) is 11.5 Å². The maximum atomic E-state index is 12.5. The Labute approximate surface area is 190 Å². The van der Waals surface area contributed by atoms with Gasteiger partial charge in [0.2, 0.25) is 5.91 Å². The Morgan fingerprint density at radius 1 is 1.31 bits per heavy atom. The van der Waals surface area contributed by atoms with E-state index >= 15 is 0 Å². The van der Waals surface area contributed by atoms with Gasteiger partial charge in [-0.25, -0.2) is 4.98 Å². The molecule has 0 saturated carbocycles. The lowest BCUT2D eigenvalue weighted by Crippen LogP contribution is -2.08. The highest BCUT2D eigenvalue weighted by molar-refractivity contribution is 7.13. The molecule has 4 rings (SSSR count). The van der Waals surface area contributed by atoms with Crippen LogP contribution in [0.15, 0.2) is 58.7 Å². The standard InChI is InChI=1S/C25H24N2O4S/c1-5-30-23-16(3)24-20(21(14-31-24)17-7-6-8-18(12-17)29-4)13-19(23)15(2)11-22(28)27-25-26-9-10-32-25/h6-14H,5H2,1-4H3,(H,26,27,28)/b15-11+. The predicted octanol–water partition coefficient (Wildman–Crippen LogP) is 6.31. The molecule has 0 fully saturated rings. The van der Waals surface area contributed by atoms with Gasteiger partial charge in [-0.15, -0.1) is 11.3 Å². The fraction of sp³-hybridized carbons (Fsp3) is 0.200. The number of carbonyl (C=O) groups is 1. The minimum Gasteiger partial charge on any atom is -0.497 e. The maximum Gasteiger partial charge on any atom is 0.250 e. The van der Waals surface area contributed by atoms with E-state index in [1.807, 2.05) is 56.5 Å². The molecule has 0 atom stereocenters. The minimum atomic E-state index is -0.238. The van der Waals surface area contributed by atoms with Crippen LogP contribution in [0.3, 0.4) is 0 Å². The second-order valence-corrected chi connectivity index (χ2v) is 8.12. The molecule has 0 radical (unpaired) electrons. The lowest BCUT2D eigenvalue weighted by Gasteiger charge is -2.15. The van der Waals surface area contributed by atoms with Gasteiger partial charge in [0.1, 0.15) is 17.1 Å². The van der Waals surface area contributed by atoms with Gasteiger partial charge < -0.3 is 13.9 Å². The van der Waals surface area contributed by atoms with Gasteiger partial charge in [-0.2, -0.15) is 0 Å². The number of ether oxygens (including phenoxy) is 2. The van der Waals surface area contributed by atoms with Crippen LogP contribution in [0.25, 0.3) is 27.7 Å². The summed E-state index contributed by atoms with van der Waals surface area (Å²) in [6.45, 7) is 6.31. The van der Waals surface area contributed by atoms with Gasteiger partial charge in [-0.1, -0.05) is 12.1 Å². The smallest absolute Gasteiger partial charge is 0.250 e. The van der Waals surface area contributed by atoms with E-state index in [1.165, 1.54) is 11.3 Å². The minimum absolute atomic E-state index is 0.238. The summed E-state index contributed by atoms with van der Waals surface area (Å²) < 4.78 is 17.3. The molecule has 32 heavy (non-hydrogen) atoms. The monoisotopic (exact) mass is 448 g/mol. The number of anilines is 1. The average Bonchev–Trinajstić information content (AvgIpc) is 3.45. The van der Waals surface area contributed by atoms with Gasteiger partial charge in [0, 0.05) is 39.7 Å². The zero-order valence-electron chi connectivity index (χ0n) is 18.4. The Bertz CT molecular complexity index is 1290. The van der Waals surface area contributed by atoms with Crippen molar-refractivity contribution in [3.05, 3.63) is 65.4 Å². The molecule has 2 heterocycles. The zero-order chi connectivity index (χ0) is 22.7. The number of methoxy groups -OCH3 is 1. The van der Waals surface area contributed by atoms with Crippen molar-refractivity contribution < 1.29 is 18.7 Å². The molecule has 1 amide bonds. The third-order valence-electron chi connectivity index (χ3n) is 5.15. The molecule has 0 aliphatic heterocycles. The Kier molecular flexibility index (Phi) is 6.28. The molecule has 7 heteroatoms. The number of carbonyl (C=O) groups excluding carboxylic acids is 1. The van der Waals surface area contributed by atoms with Crippen molar-refractivity contribution >= 4 is 38.9 Å². The summed E-state index contributed by atoms with van der Waals surface area (Å²) in [7, 11) is 1.65. The van der Waals surface area contributed by atoms with Gasteiger partial charge in [0.05, 0.1) is 20.0 Å². The van der Waals surface area contributed by atoms with Crippen LogP contribution in [0, 0.1) is 6.92 Å². The van der Waals surface area contributed by atoms with Crippen LogP contribution in [0.4, 0.5) is 5.13 Å². The fourth-order valence-corrected chi connectivity index (χ4v) is 4.19. The molecule has 0 aliphatic rings. The van der Waals surface area contributed by atoms with Gasteiger partial charge in [0.15, 0.2) is 5.13 Å². The fourth-order valence-electron chi connectivity index (χ4n) is 3.65. The van der Waals surface area contributed by atoms with E-state index in [2.05, 4.69) is 10.3 Å². The van der Waals surface area contributed by atoms with E-state index in [4.69, 9.17) is 13.9 Å². The van der Waals surface area contributed by atoms with E-state index in [-0.39, 0.29) is 5.91 Å². The molecule has 0 spiro atoms. The Hall–Kier alpha value is -3.58. The summed E-state index contributed by atoms with van der Waals surface area (Å²) in [6.07, 6.45) is 4.97. The number of nitrogens with zero attached hydrogens (tertiary/aromatic N) is 1. The normalized spacial score (nSPS) is 11.6. The van der Waals surface area contributed by atoms with Crippen molar-refractivity contribution in [1.29, 1.82) is 0 Å². The first-order valence-electron chi connectivity index (χ1n) is 10.2. The number of aryl methyl sites for hydroxylation is 1. The lowest BCUT2D eigenvalue weighted by molar-refractivity contribution is -0.111. The number of allylic oxidation sites excluding steroid dienone is 1. The lowest BCUT2D eigenvalue weighted by atomic mass is 9.96. The van der Waals surface area contributed by atoms with Crippen LogP contribution in [-0.2, 0) is 4.79 Å². The Morgan fingerprint density at radius 3 is 2.88 bits per heavy atom. The van der Waals surface area contributed by atoms with Crippen molar-refractivity contribution in [1.82, 2.24) is 4.98 Å². The van der Waals surface area contributed by atoms with Crippen molar-refractivity contribution in [2.75, 3.05) is 19.0 Å². The molecule has 0 unspecified atom stereocenters. The Balaban J connectivity index is 1.82. The summed E-state index contributed by atoms with van der Waals surface area (Å²) >= 11 is 1.37. The number of hydrogen-bond donors (Lipinski definition) is 1. The summed E-state index contributed by atoms with van der Waals surface area (Å²) in [6, 6.07) is 9.86. The number of rotatable bonds is 7. The summed E-state index contributed by atoms with van der Waals surface area (Å²) in [5.74, 6) is 1.25. The van der Waals surface area contributed by atoms with E-state index in [0.717, 1.165) is 44.5 Å². The quantitative estimate of drug-likeness (QED) is 0.335. The number of aromatic nitrogens is 1. The Morgan fingerprint density at radius 2 is 2.16 bits per heavy atom. The largest absolute Gasteiger partial charge is 0.497 e. The van der Waals surface area contributed by atoms with E-state index < -0.39 is 0 Å². The first kappa shape index (κ1) is 21.6. The van der Waals surface area contributed by atoms with Gasteiger partial charge in [0.25, 0.3) is 0 Å². The molecule has 6 nitrogen and oxygen atoms in total. The number of benzene rings is 2. The number of thiazole rings is 1. The maximum absolute atomic E-state index is 12.5. The summed E-state index contributed by atoms with van der Waals surface area (Å²) in [5, 5.41) is 6.11. The van der Waals surface area contributed by atoms with Crippen molar-refractivity contribution in [3.63, 3.8) is 0 Å². The number of hydrogen-bond acceptors (Lipinski definition) is 6. The third kappa shape index (κ3) is 4.24. The molecule has 1 N–H and O–H groups in total. The number of nitrogens with one attached hydrogen (secondary N) is 1. The zero-order valence-corrected chi connectivity index (χ0v) is 19.2. The van der Waals surface area contributed by atoms with E-state index in [1.54, 1.807) is 25.6 Å². The number of fused-ring (bicyclic) bond motifs is 1. The second kappa shape index (κ2) is 9.28. The first-order chi connectivity index (χ1) is 15.5. The van der Waals surface area contributed by atoms with Crippen LogP contribution >= 0.6 is 11.3 Å². The van der Waals surface area contributed by atoms with Gasteiger partial charge in [-0.3, -0.25) is 10.1 Å². The summed E-state index contributed by atoms with van der Waals surface area (Å²) in [4.78, 5) is 16.6. The van der Waals surface area contributed by atoms with Crippen LogP contribution in [0.1, 0.15) is 25.0 Å². The SMILES string of the molecule is CCOc1c(/C(C)=C/C(=O)Nc2nccs2)cc2c(-c3cccc(OC)c3)coc2c1C. The molecule has 0 saturated heterocycles. The van der Waals surface area contributed by atoms with Crippen molar-refractivity contribution in [2.24, 2.45) is 0 Å². The second-order valence-electron chi connectivity index (χ2n) is 7.22. The molecular weight excluding hydrogens is 424 g/mol. The highest BCUT2D eigenvalue weighted by atomic mass is 32.1. The van der Waals surface area contributed by atoms with Crippen molar-refractivity contribution in [2.45, 2.75) is 20.8 Å². The molecule has 2 aromatic heterocycles. The molecule has 164 valence electrons. The first-order valence-corrected chi connectivity index (χ1v) is 11.1. The topological polar surface area (TPSA) is 73.6 Å². The third-order valence-corrected chi connectivity index (χ3v) is 5.84. The summed E-state index contributed by atoms with van der Waals surface area (Å²) in [5.41, 5.74) is 5.21. The molecule has 0 aliphatic carbocycles. The van der Waals surface area contributed by atoms with Gasteiger partial charge >= 0.3 is 0 Å². The van der Waals surface area contributed by atoms with Crippen LogP contribution in [-0.4, -0.2) is 24.6 Å². The highest BCUT2D eigenvalue weighted by Crippen LogP contribution is 2.41. The average molecular weight is 449 g/mol. The highest BCUT2D eigenvalue weighted by Gasteiger charge is 2.19. The van der Waals surface area contributed by atoms with E-state index in [9.17, 15) is 4.79 Å². The molecular formula is C25H24N2O4S. The van der Waals surface area contributed by atoms with Crippen LogP contribution < -0.4 is 14.8 Å².